The van der Waals surface area contributed by atoms with E-state index in [0.717, 1.165) is 43.1 Å². The third-order valence-corrected chi connectivity index (χ3v) is 5.95. The fourth-order valence-corrected chi connectivity index (χ4v) is 4.35. The first-order valence-electron chi connectivity index (χ1n) is 10.9. The third-order valence-electron chi connectivity index (χ3n) is 5.95. The molecule has 0 N–H and O–H groups in total. The first-order chi connectivity index (χ1) is 15.0. The van der Waals surface area contributed by atoms with Crippen LogP contribution in [0.4, 0.5) is 0 Å². The lowest BCUT2D eigenvalue weighted by Gasteiger charge is -2.36. The normalized spacial score (nSPS) is 19.7. The van der Waals surface area contributed by atoms with E-state index in [9.17, 15) is 10.1 Å². The van der Waals surface area contributed by atoms with Crippen molar-refractivity contribution in [2.24, 2.45) is 5.92 Å². The number of hydrogen-bond acceptors (Lipinski definition) is 7. The highest BCUT2D eigenvalue weighted by Crippen LogP contribution is 2.31. The van der Waals surface area contributed by atoms with Crippen LogP contribution in [0, 0.1) is 23.0 Å². The van der Waals surface area contributed by atoms with Crippen molar-refractivity contribution < 1.29 is 14.2 Å². The number of aryl methyl sites for hydroxylation is 1. The average molecular weight is 425 g/mol. The molecular formula is C23H28N4O4. The van der Waals surface area contributed by atoms with E-state index < -0.39 is 6.04 Å². The first kappa shape index (κ1) is 21.1. The molecule has 1 aliphatic heterocycles. The van der Waals surface area contributed by atoms with Crippen LogP contribution in [0.2, 0.25) is 0 Å². The minimum atomic E-state index is -0.720. The number of allylic oxidation sites excluding steroid dienone is 1. The van der Waals surface area contributed by atoms with Crippen LogP contribution < -0.4 is 4.74 Å². The van der Waals surface area contributed by atoms with Gasteiger partial charge in [-0.2, -0.15) is 4.98 Å². The smallest absolute Gasteiger partial charge is 0.258 e. The summed E-state index contributed by atoms with van der Waals surface area (Å²) in [5, 5.41) is 15.5. The van der Waals surface area contributed by atoms with Gasteiger partial charge < -0.3 is 14.2 Å². The van der Waals surface area contributed by atoms with Crippen molar-refractivity contribution in [1.29, 1.82) is 0 Å². The minimum absolute atomic E-state index is 0.185. The molecule has 1 fully saturated rings. The van der Waals surface area contributed by atoms with Crippen molar-refractivity contribution in [3.05, 3.63) is 63.8 Å². The highest BCUT2D eigenvalue weighted by atomic mass is 16.6. The number of nitro groups is 1. The van der Waals surface area contributed by atoms with Crippen molar-refractivity contribution >= 4 is 0 Å². The lowest BCUT2D eigenvalue weighted by molar-refractivity contribution is -0.514. The number of aromatic nitrogens is 2. The number of hydrogen-bond donors (Lipinski definition) is 0. The molecule has 0 bridgehead atoms. The van der Waals surface area contributed by atoms with E-state index in [-0.39, 0.29) is 4.92 Å². The second-order valence-electron chi connectivity index (χ2n) is 8.21. The maximum absolute atomic E-state index is 11.7. The van der Waals surface area contributed by atoms with Gasteiger partial charge in [0.1, 0.15) is 11.5 Å². The SMILES string of the molecule is CCCC1CCN(C2=CC(Oc3cccc(-c4nc(C)no4)c3)=CCC2[N+](=O)[O-])CC1. The molecule has 1 aromatic carbocycles. The second kappa shape index (κ2) is 9.32. The molecule has 2 heterocycles. The monoisotopic (exact) mass is 424 g/mol. The maximum atomic E-state index is 11.7. The van der Waals surface area contributed by atoms with Crippen LogP contribution in [0.3, 0.4) is 0 Å². The Balaban J connectivity index is 1.51. The highest BCUT2D eigenvalue weighted by molar-refractivity contribution is 5.55. The van der Waals surface area contributed by atoms with Gasteiger partial charge in [0, 0.05) is 36.1 Å². The molecule has 1 saturated heterocycles. The lowest BCUT2D eigenvalue weighted by atomic mass is 9.91. The van der Waals surface area contributed by atoms with Gasteiger partial charge in [-0.3, -0.25) is 10.1 Å². The van der Waals surface area contributed by atoms with E-state index in [2.05, 4.69) is 22.0 Å². The summed E-state index contributed by atoms with van der Waals surface area (Å²) in [5.74, 6) is 2.97. The Hall–Kier alpha value is -3.16. The lowest BCUT2D eigenvalue weighted by Crippen LogP contribution is -2.40. The van der Waals surface area contributed by atoms with Gasteiger partial charge in [-0.05, 0) is 50.0 Å². The zero-order valence-electron chi connectivity index (χ0n) is 18.0. The first-order valence-corrected chi connectivity index (χ1v) is 10.9. The Morgan fingerprint density at radius 1 is 1.32 bits per heavy atom. The molecule has 0 spiro atoms. The van der Waals surface area contributed by atoms with Gasteiger partial charge in [-0.1, -0.05) is 31.0 Å². The Kier molecular flexibility index (Phi) is 6.34. The van der Waals surface area contributed by atoms with Gasteiger partial charge in [-0.25, -0.2) is 0 Å². The molecule has 0 radical (unpaired) electrons. The van der Waals surface area contributed by atoms with Crippen LogP contribution in [0.5, 0.6) is 5.75 Å². The summed E-state index contributed by atoms with van der Waals surface area (Å²) in [6.45, 7) is 5.70. The van der Waals surface area contributed by atoms with Crippen LogP contribution in [-0.4, -0.2) is 39.1 Å². The Morgan fingerprint density at radius 3 is 2.81 bits per heavy atom. The van der Waals surface area contributed by atoms with Gasteiger partial charge in [0.15, 0.2) is 5.82 Å². The molecule has 2 aliphatic rings. The topological polar surface area (TPSA) is 94.5 Å². The zero-order chi connectivity index (χ0) is 21.8. The Morgan fingerprint density at radius 2 is 2.13 bits per heavy atom. The van der Waals surface area contributed by atoms with Crippen molar-refractivity contribution in [2.45, 2.75) is 52.0 Å². The van der Waals surface area contributed by atoms with Crippen molar-refractivity contribution in [3.8, 4) is 17.2 Å². The van der Waals surface area contributed by atoms with Crippen LogP contribution in [0.25, 0.3) is 11.5 Å². The molecule has 1 aliphatic carbocycles. The highest BCUT2D eigenvalue weighted by Gasteiger charge is 2.34. The number of rotatable bonds is 7. The van der Waals surface area contributed by atoms with Gasteiger partial charge in [0.2, 0.25) is 0 Å². The van der Waals surface area contributed by atoms with E-state index in [0.29, 0.717) is 29.6 Å². The molecule has 2 aromatic rings. The fraction of sp³-hybridized carbons (Fsp3) is 0.478. The van der Waals surface area contributed by atoms with E-state index >= 15 is 0 Å². The van der Waals surface area contributed by atoms with E-state index in [1.807, 2.05) is 30.3 Å². The second-order valence-corrected chi connectivity index (χ2v) is 8.21. The molecular weight excluding hydrogens is 396 g/mol. The summed E-state index contributed by atoms with van der Waals surface area (Å²) < 4.78 is 11.3. The predicted octanol–water partition coefficient (Wildman–Crippen LogP) is 4.75. The molecule has 0 amide bonds. The molecule has 0 saturated carbocycles. The Bertz CT molecular complexity index is 989. The van der Waals surface area contributed by atoms with Crippen LogP contribution in [0.15, 0.2) is 52.4 Å². The predicted molar refractivity (Wildman–Crippen MR) is 116 cm³/mol. The zero-order valence-corrected chi connectivity index (χ0v) is 18.0. The molecule has 1 unspecified atom stereocenters. The van der Waals surface area contributed by atoms with E-state index in [1.54, 1.807) is 13.0 Å². The fourth-order valence-electron chi connectivity index (χ4n) is 4.35. The van der Waals surface area contributed by atoms with Crippen molar-refractivity contribution in [2.75, 3.05) is 13.1 Å². The van der Waals surface area contributed by atoms with Crippen LogP contribution >= 0.6 is 0 Å². The molecule has 4 rings (SSSR count). The number of benzene rings is 1. The molecule has 1 aromatic heterocycles. The molecule has 164 valence electrons. The summed E-state index contributed by atoms with van der Waals surface area (Å²) in [6, 6.07) is 6.69. The third kappa shape index (κ3) is 4.95. The number of nitrogens with zero attached hydrogens (tertiary/aromatic N) is 4. The van der Waals surface area contributed by atoms with Crippen molar-refractivity contribution in [1.82, 2.24) is 15.0 Å². The number of likely N-dealkylation sites (tertiary alicyclic amines) is 1. The summed E-state index contributed by atoms with van der Waals surface area (Å²) >= 11 is 0. The average Bonchev–Trinajstić information content (AvgIpc) is 3.21. The standard InChI is InChI=1S/C23H28N4O4/c1-3-5-17-10-12-26(13-11-17)22-15-20(8-9-21(22)27(28)29)30-19-7-4-6-18(14-19)23-24-16(2)25-31-23/h4,6-8,14-15,17,21H,3,5,9-13H2,1-2H3. The summed E-state index contributed by atoms with van der Waals surface area (Å²) in [7, 11) is 0. The number of ether oxygens (including phenoxy) is 1. The van der Waals surface area contributed by atoms with Gasteiger partial charge in [0.25, 0.3) is 11.9 Å². The molecule has 31 heavy (non-hydrogen) atoms. The molecule has 8 nitrogen and oxygen atoms in total. The van der Waals surface area contributed by atoms with Crippen molar-refractivity contribution in [3.63, 3.8) is 0 Å². The van der Waals surface area contributed by atoms with Crippen LogP contribution in [-0.2, 0) is 0 Å². The van der Waals surface area contributed by atoms with Gasteiger partial charge in [-0.15, -0.1) is 0 Å². The Labute approximate surface area is 181 Å². The molecule has 1 atom stereocenters. The quantitative estimate of drug-likeness (QED) is 0.467. The number of piperidine rings is 1. The summed E-state index contributed by atoms with van der Waals surface area (Å²) in [5.41, 5.74) is 1.51. The maximum Gasteiger partial charge on any atom is 0.258 e. The summed E-state index contributed by atoms with van der Waals surface area (Å²) in [4.78, 5) is 17.9. The van der Waals surface area contributed by atoms with Gasteiger partial charge >= 0.3 is 0 Å². The largest absolute Gasteiger partial charge is 0.458 e. The van der Waals surface area contributed by atoms with E-state index in [4.69, 9.17) is 9.26 Å². The summed E-state index contributed by atoms with van der Waals surface area (Å²) in [6.07, 6.45) is 8.54. The molecule has 8 heteroatoms. The van der Waals surface area contributed by atoms with Gasteiger partial charge in [0.05, 0.1) is 5.70 Å². The minimum Gasteiger partial charge on any atom is -0.458 e. The van der Waals surface area contributed by atoms with E-state index in [1.165, 1.54) is 12.8 Å². The van der Waals surface area contributed by atoms with Crippen LogP contribution in [0.1, 0.15) is 44.9 Å².